The van der Waals surface area contributed by atoms with Crippen molar-refractivity contribution in [1.29, 1.82) is 0 Å². The molecule has 0 bridgehead atoms. The van der Waals surface area contributed by atoms with E-state index in [-0.39, 0.29) is 0 Å². The quantitative estimate of drug-likeness (QED) is 0.624. The smallest absolute Gasteiger partial charge is 0.189 e. The van der Waals surface area contributed by atoms with Crippen molar-refractivity contribution in [1.82, 2.24) is 25.1 Å². The third-order valence-corrected chi connectivity index (χ3v) is 2.88. The number of fused-ring (bicyclic) bond motifs is 1. The summed E-state index contributed by atoms with van der Waals surface area (Å²) in [4.78, 5) is 4.26. The van der Waals surface area contributed by atoms with Gasteiger partial charge < -0.3 is 11.1 Å². The summed E-state index contributed by atoms with van der Waals surface area (Å²) in [6.07, 6.45) is 1.06. The van der Waals surface area contributed by atoms with Crippen LogP contribution in [0.4, 0.5) is 0 Å². The Bertz CT molecular complexity index is 600. The maximum atomic E-state index is 5.81. The lowest BCUT2D eigenvalue weighted by Crippen LogP contribution is -2.33. The Kier molecular flexibility index (Phi) is 4.49. The maximum absolute atomic E-state index is 5.81. The molecule has 0 fully saturated rings. The summed E-state index contributed by atoms with van der Waals surface area (Å²) in [5.74, 6) is 1.75. The van der Waals surface area contributed by atoms with Gasteiger partial charge in [-0.2, -0.15) is 9.61 Å². The Morgan fingerprint density at radius 3 is 2.95 bits per heavy atom. The molecule has 2 heterocycles. The first kappa shape index (κ1) is 14.2. The molecule has 0 saturated heterocycles. The predicted molar refractivity (Wildman–Crippen MR) is 78.3 cm³/mol. The molecule has 0 atom stereocenters. The fourth-order valence-corrected chi connectivity index (χ4v) is 1.72. The summed E-state index contributed by atoms with van der Waals surface area (Å²) in [5, 5.41) is 15.6. The van der Waals surface area contributed by atoms with Crippen molar-refractivity contribution in [2.45, 2.75) is 33.7 Å². The second-order valence-corrected chi connectivity index (χ2v) is 5.17. The van der Waals surface area contributed by atoms with E-state index in [0.717, 1.165) is 18.7 Å². The summed E-state index contributed by atoms with van der Waals surface area (Å²) < 4.78 is 1.69. The van der Waals surface area contributed by atoms with Gasteiger partial charge in [0.25, 0.3) is 0 Å². The van der Waals surface area contributed by atoms with Crippen LogP contribution >= 0.6 is 0 Å². The molecule has 20 heavy (non-hydrogen) atoms. The number of nitrogens with zero attached hydrogens (tertiary/aromatic N) is 5. The van der Waals surface area contributed by atoms with Crippen LogP contribution in [0.1, 0.15) is 31.8 Å². The van der Waals surface area contributed by atoms with E-state index in [2.05, 4.69) is 39.5 Å². The van der Waals surface area contributed by atoms with Crippen LogP contribution in [0.3, 0.4) is 0 Å². The van der Waals surface area contributed by atoms with E-state index in [0.29, 0.717) is 29.9 Å². The molecule has 0 aliphatic carbocycles. The minimum atomic E-state index is 0.359. The molecule has 3 N–H and O–H groups in total. The molecule has 0 radical (unpaired) electrons. The zero-order valence-electron chi connectivity index (χ0n) is 12.2. The second kappa shape index (κ2) is 6.31. The van der Waals surface area contributed by atoms with Crippen molar-refractivity contribution >= 4 is 11.6 Å². The number of nitrogens with one attached hydrogen (secondary N) is 1. The third-order valence-electron chi connectivity index (χ3n) is 2.88. The van der Waals surface area contributed by atoms with E-state index in [4.69, 9.17) is 5.73 Å². The molecular weight excluding hydrogens is 254 g/mol. The standard InChI is InChI=1S/C13H21N7/c1-9(2)6-7-15-13(14)16-8-12-18-17-11-5-4-10(3)19-20(11)12/h4-5,9H,6-8H2,1-3H3,(H3,14,15,16). The molecule has 108 valence electrons. The molecule has 0 aromatic carbocycles. The van der Waals surface area contributed by atoms with Crippen molar-refractivity contribution in [2.75, 3.05) is 6.54 Å². The number of guanidine groups is 1. The van der Waals surface area contributed by atoms with Gasteiger partial charge in [-0.05, 0) is 31.4 Å². The van der Waals surface area contributed by atoms with Gasteiger partial charge in [-0.15, -0.1) is 10.2 Å². The predicted octanol–water partition coefficient (Wildman–Crippen LogP) is 0.883. The highest BCUT2D eigenvalue weighted by molar-refractivity contribution is 5.77. The van der Waals surface area contributed by atoms with Gasteiger partial charge in [0.2, 0.25) is 0 Å². The first-order valence-electron chi connectivity index (χ1n) is 6.78. The molecule has 7 nitrogen and oxygen atoms in total. The van der Waals surface area contributed by atoms with Gasteiger partial charge in [0.1, 0.15) is 6.54 Å². The first-order chi connectivity index (χ1) is 9.56. The number of aryl methyl sites for hydroxylation is 1. The van der Waals surface area contributed by atoms with Crippen molar-refractivity contribution < 1.29 is 0 Å². The average molecular weight is 275 g/mol. The van der Waals surface area contributed by atoms with Crippen molar-refractivity contribution in [3.05, 3.63) is 23.7 Å². The number of nitrogens with two attached hydrogens (primary N) is 1. The van der Waals surface area contributed by atoms with Crippen molar-refractivity contribution in [3.8, 4) is 0 Å². The summed E-state index contributed by atoms with van der Waals surface area (Å²) in [6.45, 7) is 7.45. The zero-order valence-corrected chi connectivity index (χ0v) is 12.2. The highest BCUT2D eigenvalue weighted by Crippen LogP contribution is 2.03. The fraction of sp³-hybridized carbons (Fsp3) is 0.538. The van der Waals surface area contributed by atoms with Crippen LogP contribution in [0.25, 0.3) is 5.65 Å². The molecule has 2 aromatic rings. The molecule has 2 rings (SSSR count). The van der Waals surface area contributed by atoms with Crippen LogP contribution in [0.5, 0.6) is 0 Å². The molecule has 0 amide bonds. The summed E-state index contributed by atoms with van der Waals surface area (Å²) >= 11 is 0. The Labute approximate surface area is 118 Å². The molecule has 0 aliphatic rings. The largest absolute Gasteiger partial charge is 0.370 e. The van der Waals surface area contributed by atoms with Crippen LogP contribution in [-0.2, 0) is 6.54 Å². The lowest BCUT2D eigenvalue weighted by molar-refractivity contribution is 0.576. The van der Waals surface area contributed by atoms with Gasteiger partial charge >= 0.3 is 0 Å². The van der Waals surface area contributed by atoms with E-state index in [9.17, 15) is 0 Å². The van der Waals surface area contributed by atoms with Crippen LogP contribution in [0.15, 0.2) is 17.1 Å². The Morgan fingerprint density at radius 1 is 1.40 bits per heavy atom. The molecular formula is C13H21N7. The lowest BCUT2D eigenvalue weighted by Gasteiger charge is -2.07. The minimum Gasteiger partial charge on any atom is -0.370 e. The number of aliphatic imine (C=N–C) groups is 1. The molecule has 7 heteroatoms. The highest BCUT2D eigenvalue weighted by Gasteiger charge is 2.06. The van der Waals surface area contributed by atoms with Gasteiger partial charge in [-0.1, -0.05) is 13.8 Å². The second-order valence-electron chi connectivity index (χ2n) is 5.17. The topological polar surface area (TPSA) is 93.5 Å². The number of hydrogen-bond acceptors (Lipinski definition) is 4. The van der Waals surface area contributed by atoms with Crippen LogP contribution in [0, 0.1) is 12.8 Å². The number of aromatic nitrogens is 4. The highest BCUT2D eigenvalue weighted by atomic mass is 15.4. The van der Waals surface area contributed by atoms with Crippen molar-refractivity contribution in [3.63, 3.8) is 0 Å². The van der Waals surface area contributed by atoms with Gasteiger partial charge in [-0.25, -0.2) is 4.99 Å². The SMILES string of the molecule is Cc1ccc2nnc(CN=C(N)NCCC(C)C)n2n1. The fourth-order valence-electron chi connectivity index (χ4n) is 1.72. The van der Waals surface area contributed by atoms with E-state index in [1.807, 2.05) is 19.1 Å². The van der Waals surface area contributed by atoms with E-state index >= 15 is 0 Å². The molecule has 2 aromatic heterocycles. The Morgan fingerprint density at radius 2 is 2.20 bits per heavy atom. The summed E-state index contributed by atoms with van der Waals surface area (Å²) in [5.41, 5.74) is 7.43. The van der Waals surface area contributed by atoms with Gasteiger partial charge in [0.15, 0.2) is 17.4 Å². The average Bonchev–Trinajstić information content (AvgIpc) is 2.78. The normalized spacial score (nSPS) is 12.3. The van der Waals surface area contributed by atoms with E-state index in [1.54, 1.807) is 4.52 Å². The van der Waals surface area contributed by atoms with Crippen LogP contribution in [0.2, 0.25) is 0 Å². The zero-order chi connectivity index (χ0) is 14.5. The molecule has 0 saturated carbocycles. The lowest BCUT2D eigenvalue weighted by atomic mass is 10.1. The van der Waals surface area contributed by atoms with E-state index in [1.165, 1.54) is 0 Å². The number of rotatable bonds is 5. The monoisotopic (exact) mass is 275 g/mol. The minimum absolute atomic E-state index is 0.359. The van der Waals surface area contributed by atoms with Gasteiger partial charge in [-0.3, -0.25) is 0 Å². The van der Waals surface area contributed by atoms with Crippen LogP contribution < -0.4 is 11.1 Å². The molecule has 0 aliphatic heterocycles. The maximum Gasteiger partial charge on any atom is 0.189 e. The van der Waals surface area contributed by atoms with Gasteiger partial charge in [0, 0.05) is 6.54 Å². The summed E-state index contributed by atoms with van der Waals surface area (Å²) in [6, 6.07) is 3.78. The number of hydrogen-bond donors (Lipinski definition) is 2. The first-order valence-corrected chi connectivity index (χ1v) is 6.78. The molecule has 0 spiro atoms. The van der Waals surface area contributed by atoms with Crippen LogP contribution in [-0.4, -0.2) is 32.3 Å². The van der Waals surface area contributed by atoms with E-state index < -0.39 is 0 Å². The Balaban J connectivity index is 1.99. The Hall–Kier alpha value is -2.18. The summed E-state index contributed by atoms with van der Waals surface area (Å²) in [7, 11) is 0. The van der Waals surface area contributed by atoms with Crippen molar-refractivity contribution in [2.24, 2.45) is 16.6 Å². The third kappa shape index (κ3) is 3.66. The van der Waals surface area contributed by atoms with Gasteiger partial charge in [0.05, 0.1) is 5.69 Å². The molecule has 0 unspecified atom stereocenters.